The van der Waals surface area contributed by atoms with Crippen molar-refractivity contribution in [2.45, 2.75) is 26.4 Å². The Kier molecular flexibility index (Phi) is 5.18. The van der Waals surface area contributed by atoms with E-state index in [1.807, 2.05) is 12.1 Å². The summed E-state index contributed by atoms with van der Waals surface area (Å²) in [5.41, 5.74) is 1.76. The van der Waals surface area contributed by atoms with Crippen molar-refractivity contribution in [2.24, 2.45) is 0 Å². The number of nitriles is 1. The minimum atomic E-state index is -0.435. The van der Waals surface area contributed by atoms with Crippen molar-refractivity contribution in [3.8, 4) is 6.07 Å². The number of hydrogen-bond donors (Lipinski definition) is 1. The topological polar surface area (TPSA) is 70.3 Å². The van der Waals surface area contributed by atoms with Gasteiger partial charge in [0.05, 0.1) is 24.8 Å². The lowest BCUT2D eigenvalue weighted by molar-refractivity contribution is 0.0522. The van der Waals surface area contributed by atoms with E-state index in [9.17, 15) is 9.90 Å². The Balaban J connectivity index is 3.05. The van der Waals surface area contributed by atoms with Crippen molar-refractivity contribution in [1.29, 1.82) is 5.26 Å². The number of rotatable bonds is 5. The Bertz CT molecular complexity index is 435. The second-order valence-electron chi connectivity index (χ2n) is 3.48. The third-order valence-corrected chi connectivity index (χ3v) is 2.43. The van der Waals surface area contributed by atoms with Crippen molar-refractivity contribution in [1.82, 2.24) is 0 Å². The molecule has 0 aromatic heterocycles. The number of hydrogen-bond acceptors (Lipinski definition) is 4. The molecule has 17 heavy (non-hydrogen) atoms. The number of nitrogens with zero attached hydrogens (tertiary/aromatic N) is 1. The molecule has 1 aromatic carbocycles. The molecule has 0 saturated heterocycles. The summed E-state index contributed by atoms with van der Waals surface area (Å²) in [5.74, 6) is -0.435. The van der Waals surface area contributed by atoms with E-state index in [0.29, 0.717) is 30.6 Å². The smallest absolute Gasteiger partial charge is 0.338 e. The van der Waals surface area contributed by atoms with Crippen LogP contribution in [0.3, 0.4) is 0 Å². The van der Waals surface area contributed by atoms with E-state index >= 15 is 0 Å². The molecule has 0 aliphatic rings. The van der Waals surface area contributed by atoms with E-state index in [2.05, 4.69) is 0 Å². The molecule has 0 aliphatic carbocycles. The van der Waals surface area contributed by atoms with Crippen LogP contribution in [0.25, 0.3) is 0 Å². The fraction of sp³-hybridized carbons (Fsp3) is 0.385. The average Bonchev–Trinajstić information content (AvgIpc) is 2.36. The summed E-state index contributed by atoms with van der Waals surface area (Å²) in [6, 6.07) is 7.21. The Morgan fingerprint density at radius 2 is 2.29 bits per heavy atom. The third-order valence-electron chi connectivity index (χ3n) is 2.43. The van der Waals surface area contributed by atoms with Gasteiger partial charge in [0.1, 0.15) is 0 Å². The molecular weight excluding hydrogens is 218 g/mol. The van der Waals surface area contributed by atoms with E-state index in [1.165, 1.54) is 0 Å². The number of aryl methyl sites for hydroxylation is 1. The van der Waals surface area contributed by atoms with Crippen LogP contribution < -0.4 is 0 Å². The summed E-state index contributed by atoms with van der Waals surface area (Å²) >= 11 is 0. The zero-order valence-corrected chi connectivity index (χ0v) is 9.77. The van der Waals surface area contributed by atoms with E-state index in [0.717, 1.165) is 5.56 Å². The van der Waals surface area contributed by atoms with Crippen LogP contribution in [0, 0.1) is 11.3 Å². The maximum atomic E-state index is 11.7. The number of ether oxygens (including phenoxy) is 1. The highest BCUT2D eigenvalue weighted by atomic mass is 16.5. The first-order chi connectivity index (χ1) is 8.24. The Labute approximate surface area is 100 Å². The van der Waals surface area contributed by atoms with E-state index in [4.69, 9.17) is 10.00 Å². The molecule has 0 unspecified atom stereocenters. The molecular formula is C13H15NO3. The lowest BCUT2D eigenvalue weighted by Gasteiger charge is -2.11. The molecule has 4 nitrogen and oxygen atoms in total. The number of carbonyl (C=O) groups excluding carboxylic acids is 1. The van der Waals surface area contributed by atoms with Gasteiger partial charge >= 0.3 is 5.97 Å². The fourth-order valence-electron chi connectivity index (χ4n) is 1.65. The van der Waals surface area contributed by atoms with Crippen LogP contribution in [-0.2, 0) is 17.8 Å². The molecule has 1 N–H and O–H groups in total. The van der Waals surface area contributed by atoms with Crippen molar-refractivity contribution < 1.29 is 14.6 Å². The van der Waals surface area contributed by atoms with E-state index < -0.39 is 5.97 Å². The van der Waals surface area contributed by atoms with Crippen LogP contribution >= 0.6 is 0 Å². The minimum Gasteiger partial charge on any atom is -0.462 e. The van der Waals surface area contributed by atoms with Gasteiger partial charge in [-0.1, -0.05) is 12.1 Å². The maximum absolute atomic E-state index is 11.7. The maximum Gasteiger partial charge on any atom is 0.338 e. The molecule has 0 amide bonds. The number of benzene rings is 1. The van der Waals surface area contributed by atoms with Gasteiger partial charge < -0.3 is 9.84 Å². The molecule has 0 atom stereocenters. The molecule has 90 valence electrons. The predicted octanol–water partition coefficient (Wildman–Crippen LogP) is 1.81. The predicted molar refractivity (Wildman–Crippen MR) is 62.3 cm³/mol. The number of aliphatic hydroxyl groups is 1. The van der Waals surface area contributed by atoms with Crippen molar-refractivity contribution in [2.75, 3.05) is 6.61 Å². The monoisotopic (exact) mass is 233 g/mol. The van der Waals surface area contributed by atoms with Gasteiger partial charge in [-0.15, -0.1) is 0 Å². The highest BCUT2D eigenvalue weighted by molar-refractivity contribution is 5.91. The second-order valence-corrected chi connectivity index (χ2v) is 3.48. The SMILES string of the molecule is CCOC(=O)c1cccc(CCC#N)c1CO. The largest absolute Gasteiger partial charge is 0.462 e. The second kappa shape index (κ2) is 6.66. The molecule has 1 aromatic rings. The van der Waals surface area contributed by atoms with E-state index in [-0.39, 0.29) is 6.61 Å². The molecule has 0 radical (unpaired) electrons. The summed E-state index contributed by atoms with van der Waals surface area (Å²) in [6.45, 7) is 1.80. The first kappa shape index (κ1) is 13.2. The molecule has 0 saturated carbocycles. The highest BCUT2D eigenvalue weighted by Gasteiger charge is 2.14. The van der Waals surface area contributed by atoms with E-state index in [1.54, 1.807) is 19.1 Å². The number of esters is 1. The Morgan fingerprint density at radius 1 is 1.53 bits per heavy atom. The normalized spacial score (nSPS) is 9.71. The van der Waals surface area contributed by atoms with Crippen LogP contribution in [0.4, 0.5) is 0 Å². The first-order valence-corrected chi connectivity index (χ1v) is 5.50. The van der Waals surface area contributed by atoms with Gasteiger partial charge in [-0.2, -0.15) is 5.26 Å². The standard InChI is InChI=1S/C13H15NO3/c1-2-17-13(16)11-7-3-5-10(6-4-8-14)12(11)9-15/h3,5,7,15H,2,4,6,9H2,1H3. The minimum absolute atomic E-state index is 0.226. The highest BCUT2D eigenvalue weighted by Crippen LogP contribution is 2.17. The van der Waals surface area contributed by atoms with Crippen LogP contribution in [0.5, 0.6) is 0 Å². The molecule has 0 bridgehead atoms. The van der Waals surface area contributed by atoms with Gasteiger partial charge in [0.15, 0.2) is 0 Å². The van der Waals surface area contributed by atoms with Gasteiger partial charge in [-0.05, 0) is 30.5 Å². The molecule has 1 rings (SSSR count). The average molecular weight is 233 g/mol. The summed E-state index contributed by atoms with van der Waals surface area (Å²) < 4.78 is 4.91. The molecule has 4 heteroatoms. The Hall–Kier alpha value is -1.86. The number of carbonyl (C=O) groups is 1. The fourth-order valence-corrected chi connectivity index (χ4v) is 1.65. The summed E-state index contributed by atoms with van der Waals surface area (Å²) in [7, 11) is 0. The van der Waals surface area contributed by atoms with Gasteiger partial charge in [0.25, 0.3) is 0 Å². The molecule has 0 heterocycles. The van der Waals surface area contributed by atoms with Crippen LogP contribution in [0.1, 0.15) is 34.8 Å². The first-order valence-electron chi connectivity index (χ1n) is 5.50. The van der Waals surface area contributed by atoms with Gasteiger partial charge in [-0.25, -0.2) is 4.79 Å². The van der Waals surface area contributed by atoms with Gasteiger partial charge in [0.2, 0.25) is 0 Å². The zero-order valence-electron chi connectivity index (χ0n) is 9.77. The van der Waals surface area contributed by atoms with Crippen LogP contribution in [-0.4, -0.2) is 17.7 Å². The van der Waals surface area contributed by atoms with Crippen molar-refractivity contribution in [3.63, 3.8) is 0 Å². The van der Waals surface area contributed by atoms with Gasteiger partial charge in [-0.3, -0.25) is 0 Å². The van der Waals surface area contributed by atoms with Gasteiger partial charge in [0, 0.05) is 6.42 Å². The summed E-state index contributed by atoms with van der Waals surface area (Å²) in [4.78, 5) is 11.7. The quantitative estimate of drug-likeness (QED) is 0.787. The molecule has 0 fully saturated rings. The van der Waals surface area contributed by atoms with Crippen LogP contribution in [0.15, 0.2) is 18.2 Å². The van der Waals surface area contributed by atoms with Crippen molar-refractivity contribution >= 4 is 5.97 Å². The molecule has 0 spiro atoms. The third kappa shape index (κ3) is 3.30. The summed E-state index contributed by atoms with van der Waals surface area (Å²) in [5, 5.41) is 17.9. The summed E-state index contributed by atoms with van der Waals surface area (Å²) in [6.07, 6.45) is 0.888. The zero-order chi connectivity index (χ0) is 12.7. The number of aliphatic hydroxyl groups excluding tert-OH is 1. The Morgan fingerprint density at radius 3 is 2.88 bits per heavy atom. The lowest BCUT2D eigenvalue weighted by atomic mass is 9.98. The van der Waals surface area contributed by atoms with Crippen molar-refractivity contribution in [3.05, 3.63) is 34.9 Å². The van der Waals surface area contributed by atoms with Crippen LogP contribution in [0.2, 0.25) is 0 Å². The lowest BCUT2D eigenvalue weighted by Crippen LogP contribution is -2.10. The molecule has 0 aliphatic heterocycles.